The Morgan fingerprint density at radius 2 is 1.97 bits per heavy atom. The van der Waals surface area contributed by atoms with E-state index in [2.05, 4.69) is 10.6 Å². The summed E-state index contributed by atoms with van der Waals surface area (Å²) in [5, 5.41) is 5.51. The van der Waals surface area contributed by atoms with Crippen molar-refractivity contribution in [3.05, 3.63) is 58.9 Å². The number of urea groups is 1. The number of benzene rings is 2. The van der Waals surface area contributed by atoms with Crippen LogP contribution in [0.25, 0.3) is 0 Å². The van der Waals surface area contributed by atoms with Gasteiger partial charge in [0.1, 0.15) is 17.9 Å². The zero-order chi connectivity index (χ0) is 20.8. The van der Waals surface area contributed by atoms with Crippen LogP contribution in [0.4, 0.5) is 14.9 Å². The lowest BCUT2D eigenvalue weighted by Gasteiger charge is -2.32. The van der Waals surface area contributed by atoms with Gasteiger partial charge in [0, 0.05) is 21.9 Å². The molecule has 150 valence electrons. The molecule has 2 aromatic carbocycles. The maximum atomic E-state index is 13.9. The fourth-order valence-electron chi connectivity index (χ4n) is 3.87. The molecule has 4 rings (SSSR count). The second kappa shape index (κ2) is 7.18. The minimum Gasteiger partial charge on any atom is -0.324 e. The number of carbonyl (C=O) groups is 3. The Kier molecular flexibility index (Phi) is 4.82. The molecule has 1 atom stereocenters. The molecule has 2 heterocycles. The van der Waals surface area contributed by atoms with Gasteiger partial charge in [0.15, 0.2) is 0 Å². The zero-order valence-electron chi connectivity index (χ0n) is 16.0. The Balaban J connectivity index is 1.59. The number of imide groups is 1. The highest BCUT2D eigenvalue weighted by Gasteiger charge is 2.54. The van der Waals surface area contributed by atoms with E-state index in [-0.39, 0.29) is 0 Å². The first-order valence-electron chi connectivity index (χ1n) is 9.25. The molecule has 0 radical (unpaired) electrons. The van der Waals surface area contributed by atoms with Gasteiger partial charge in [-0.15, -0.1) is 11.8 Å². The number of halogens is 1. The normalized spacial score (nSPS) is 20.6. The van der Waals surface area contributed by atoms with Gasteiger partial charge < -0.3 is 10.6 Å². The second-order valence-corrected chi connectivity index (χ2v) is 8.42. The van der Waals surface area contributed by atoms with Crippen LogP contribution in [0.5, 0.6) is 0 Å². The number of anilines is 1. The van der Waals surface area contributed by atoms with Crippen LogP contribution in [0.15, 0.2) is 41.3 Å². The predicted octanol–water partition coefficient (Wildman–Crippen LogP) is 3.32. The monoisotopic (exact) mass is 413 g/mol. The summed E-state index contributed by atoms with van der Waals surface area (Å²) in [6.45, 7) is 3.34. The van der Waals surface area contributed by atoms with E-state index in [0.29, 0.717) is 23.4 Å². The van der Waals surface area contributed by atoms with E-state index in [0.717, 1.165) is 20.9 Å². The number of aryl methyl sites for hydroxylation is 2. The molecule has 0 aromatic heterocycles. The Morgan fingerprint density at radius 1 is 1.24 bits per heavy atom. The highest BCUT2D eigenvalue weighted by molar-refractivity contribution is 7.99. The van der Waals surface area contributed by atoms with Crippen LogP contribution in [-0.4, -0.2) is 35.0 Å². The van der Waals surface area contributed by atoms with Crippen molar-refractivity contribution in [2.24, 2.45) is 0 Å². The molecular formula is C21H20FN3O3S. The minimum absolute atomic E-state index is 0.341. The van der Waals surface area contributed by atoms with Crippen molar-refractivity contribution >= 4 is 35.3 Å². The average Bonchev–Trinajstić information content (AvgIpc) is 2.90. The second-order valence-electron chi connectivity index (χ2n) is 7.28. The Hall–Kier alpha value is -2.87. The fraction of sp³-hybridized carbons (Fsp3) is 0.286. The van der Waals surface area contributed by atoms with Crippen LogP contribution in [0.1, 0.15) is 23.1 Å². The summed E-state index contributed by atoms with van der Waals surface area (Å²) >= 11 is 1.51. The van der Waals surface area contributed by atoms with E-state index in [1.807, 2.05) is 32.0 Å². The van der Waals surface area contributed by atoms with E-state index < -0.39 is 35.7 Å². The molecule has 2 N–H and O–H groups in total. The molecule has 6 nitrogen and oxygen atoms in total. The van der Waals surface area contributed by atoms with E-state index in [1.165, 1.54) is 23.9 Å². The van der Waals surface area contributed by atoms with Crippen LogP contribution >= 0.6 is 11.8 Å². The van der Waals surface area contributed by atoms with Crippen molar-refractivity contribution in [3.8, 4) is 0 Å². The maximum absolute atomic E-state index is 13.9. The largest absolute Gasteiger partial charge is 0.325 e. The van der Waals surface area contributed by atoms with Crippen molar-refractivity contribution < 1.29 is 18.8 Å². The molecule has 4 amide bonds. The Labute approximate surface area is 171 Å². The molecule has 8 heteroatoms. The van der Waals surface area contributed by atoms with Crippen LogP contribution < -0.4 is 10.6 Å². The molecule has 1 saturated heterocycles. The molecule has 2 aliphatic heterocycles. The minimum atomic E-state index is -1.32. The number of nitrogens with one attached hydrogen (secondary N) is 2. The lowest BCUT2D eigenvalue weighted by Crippen LogP contribution is -2.47. The molecule has 0 saturated carbocycles. The summed E-state index contributed by atoms with van der Waals surface area (Å²) < 4.78 is 13.9. The zero-order valence-corrected chi connectivity index (χ0v) is 16.9. The van der Waals surface area contributed by atoms with Crippen LogP contribution in [-0.2, 0) is 15.1 Å². The van der Waals surface area contributed by atoms with Gasteiger partial charge in [0.05, 0.1) is 0 Å². The third-order valence-corrected chi connectivity index (χ3v) is 6.43. The molecule has 0 unspecified atom stereocenters. The number of hydrogen-bond donors (Lipinski definition) is 2. The van der Waals surface area contributed by atoms with Gasteiger partial charge in [-0.25, -0.2) is 9.18 Å². The van der Waals surface area contributed by atoms with E-state index in [9.17, 15) is 18.8 Å². The number of fused-ring (bicyclic) bond motifs is 2. The van der Waals surface area contributed by atoms with Crippen molar-refractivity contribution in [2.45, 2.75) is 30.7 Å². The van der Waals surface area contributed by atoms with Crippen molar-refractivity contribution in [2.75, 3.05) is 17.6 Å². The van der Waals surface area contributed by atoms with Gasteiger partial charge in [-0.2, -0.15) is 0 Å². The maximum Gasteiger partial charge on any atom is 0.325 e. The number of amides is 4. The third kappa shape index (κ3) is 3.27. The van der Waals surface area contributed by atoms with Crippen LogP contribution in [0.3, 0.4) is 0 Å². The number of rotatable bonds is 3. The number of para-hydroxylation sites is 1. The lowest BCUT2D eigenvalue weighted by atomic mass is 9.86. The number of carbonyl (C=O) groups excluding carboxylic acids is 3. The standard InChI is InChI=1S/C21H20FN3O3S/c1-12-4-3-5-13(2)18(12)23-17(26)11-25-19(27)21(24-20(25)28)8-9-29-16-7-6-14(22)10-15(16)21/h3-7,10H,8-9,11H2,1-2H3,(H,23,26)(H,24,28)/t21-/m1/s1. The summed E-state index contributed by atoms with van der Waals surface area (Å²) in [5.74, 6) is -0.856. The summed E-state index contributed by atoms with van der Waals surface area (Å²) in [6, 6.07) is 9.23. The first-order valence-corrected chi connectivity index (χ1v) is 10.2. The quantitative estimate of drug-likeness (QED) is 0.757. The molecule has 2 aliphatic rings. The van der Waals surface area contributed by atoms with Crippen LogP contribution in [0, 0.1) is 19.7 Å². The van der Waals surface area contributed by atoms with E-state index in [4.69, 9.17) is 0 Å². The smallest absolute Gasteiger partial charge is 0.324 e. The van der Waals surface area contributed by atoms with Gasteiger partial charge in [-0.05, 0) is 49.6 Å². The number of thioether (sulfide) groups is 1. The van der Waals surface area contributed by atoms with Crippen molar-refractivity contribution in [3.63, 3.8) is 0 Å². The molecule has 0 bridgehead atoms. The first kappa shape index (κ1) is 19.4. The highest BCUT2D eigenvalue weighted by atomic mass is 32.2. The lowest BCUT2D eigenvalue weighted by molar-refractivity contribution is -0.134. The molecule has 1 spiro atoms. The first-order chi connectivity index (χ1) is 13.8. The molecule has 1 fully saturated rings. The van der Waals surface area contributed by atoms with Crippen molar-refractivity contribution in [1.29, 1.82) is 0 Å². The molecule has 2 aromatic rings. The van der Waals surface area contributed by atoms with Gasteiger partial charge in [0.25, 0.3) is 5.91 Å². The van der Waals surface area contributed by atoms with Crippen LogP contribution in [0.2, 0.25) is 0 Å². The topological polar surface area (TPSA) is 78.5 Å². The summed E-state index contributed by atoms with van der Waals surface area (Å²) in [4.78, 5) is 40.1. The number of hydrogen-bond acceptors (Lipinski definition) is 4. The fourth-order valence-corrected chi connectivity index (χ4v) is 5.05. The van der Waals surface area contributed by atoms with E-state index >= 15 is 0 Å². The molecule has 29 heavy (non-hydrogen) atoms. The van der Waals surface area contributed by atoms with Gasteiger partial charge in [0.2, 0.25) is 5.91 Å². The van der Waals surface area contributed by atoms with Gasteiger partial charge in [-0.1, -0.05) is 18.2 Å². The van der Waals surface area contributed by atoms with Crippen molar-refractivity contribution in [1.82, 2.24) is 10.2 Å². The predicted molar refractivity (Wildman–Crippen MR) is 108 cm³/mol. The SMILES string of the molecule is Cc1cccc(C)c1NC(=O)CN1C(=O)N[C@@]2(CCSc3ccc(F)cc32)C1=O. The summed E-state index contributed by atoms with van der Waals surface area (Å²) in [7, 11) is 0. The van der Waals surface area contributed by atoms with Gasteiger partial charge >= 0.3 is 6.03 Å². The Bertz CT molecular complexity index is 1020. The third-order valence-electron chi connectivity index (χ3n) is 5.36. The van der Waals surface area contributed by atoms with Gasteiger partial charge in [-0.3, -0.25) is 14.5 Å². The molecular weight excluding hydrogens is 393 g/mol. The highest BCUT2D eigenvalue weighted by Crippen LogP contribution is 2.43. The number of nitrogens with zero attached hydrogens (tertiary/aromatic N) is 1. The average molecular weight is 413 g/mol. The summed E-state index contributed by atoms with van der Waals surface area (Å²) in [6.07, 6.45) is 0.341. The Morgan fingerprint density at radius 3 is 2.69 bits per heavy atom. The van der Waals surface area contributed by atoms with E-state index in [1.54, 1.807) is 6.07 Å². The summed E-state index contributed by atoms with van der Waals surface area (Å²) in [5.41, 5.74) is 1.57. The molecule has 0 aliphatic carbocycles.